The molecule has 1 aromatic rings. The Labute approximate surface area is 88.4 Å². The molecule has 1 saturated carbocycles. The first-order chi connectivity index (χ1) is 7.29. The molecule has 1 aliphatic rings. The number of carboxylic acids is 1. The molecule has 79 valence electrons. The zero-order chi connectivity index (χ0) is 10.7. The Morgan fingerprint density at radius 1 is 1.40 bits per heavy atom. The maximum Gasteiger partial charge on any atom is 0.339 e. The number of aromatic nitrogens is 2. The highest BCUT2D eigenvalue weighted by molar-refractivity contribution is 5.88. The van der Waals surface area contributed by atoms with Crippen LogP contribution in [0.5, 0.6) is 0 Å². The number of hydrogen-bond donors (Lipinski definition) is 1. The Hall–Kier alpha value is -1.45. The highest BCUT2D eigenvalue weighted by Crippen LogP contribution is 2.32. The van der Waals surface area contributed by atoms with Gasteiger partial charge < -0.3 is 5.11 Å². The van der Waals surface area contributed by atoms with Gasteiger partial charge in [0.25, 0.3) is 0 Å². The van der Waals surface area contributed by atoms with Gasteiger partial charge >= 0.3 is 5.97 Å². The van der Waals surface area contributed by atoms with Crippen molar-refractivity contribution in [1.29, 1.82) is 0 Å². The Morgan fingerprint density at radius 2 is 2.13 bits per heavy atom. The van der Waals surface area contributed by atoms with Gasteiger partial charge in [0.15, 0.2) is 6.33 Å². The molecule has 15 heavy (non-hydrogen) atoms. The van der Waals surface area contributed by atoms with Gasteiger partial charge in [0.05, 0.1) is 11.3 Å². The highest BCUT2D eigenvalue weighted by atomic mass is 16.4. The van der Waals surface area contributed by atoms with E-state index in [1.54, 1.807) is 0 Å². The van der Waals surface area contributed by atoms with Gasteiger partial charge in [0, 0.05) is 12.1 Å². The summed E-state index contributed by atoms with van der Waals surface area (Å²) >= 11 is 0. The van der Waals surface area contributed by atoms with Gasteiger partial charge in [-0.2, -0.15) is 0 Å². The van der Waals surface area contributed by atoms with Crippen LogP contribution < -0.4 is 0 Å². The van der Waals surface area contributed by atoms with Crippen molar-refractivity contribution in [3.63, 3.8) is 0 Å². The summed E-state index contributed by atoms with van der Waals surface area (Å²) in [6.07, 6.45) is 9.47. The summed E-state index contributed by atoms with van der Waals surface area (Å²) in [4.78, 5) is 18.6. The van der Waals surface area contributed by atoms with Crippen molar-refractivity contribution in [1.82, 2.24) is 9.97 Å². The van der Waals surface area contributed by atoms with E-state index in [1.807, 2.05) is 0 Å². The van der Waals surface area contributed by atoms with E-state index in [0.717, 1.165) is 25.7 Å². The molecule has 0 aromatic carbocycles. The molecule has 0 saturated heterocycles. The van der Waals surface area contributed by atoms with E-state index in [-0.39, 0.29) is 11.5 Å². The van der Waals surface area contributed by atoms with Gasteiger partial charge in [-0.3, -0.25) is 0 Å². The monoisotopic (exact) mass is 205 g/mol. The SMILES string of the molecule is O=C(O)c1cn[c]nc1C1CCCCC1. The van der Waals surface area contributed by atoms with E-state index < -0.39 is 5.97 Å². The van der Waals surface area contributed by atoms with E-state index in [2.05, 4.69) is 16.3 Å². The normalized spacial score (nSPS) is 17.6. The average molecular weight is 205 g/mol. The van der Waals surface area contributed by atoms with E-state index >= 15 is 0 Å². The zero-order valence-corrected chi connectivity index (χ0v) is 8.44. The standard InChI is InChI=1S/C11H13N2O2/c14-11(15)9-6-12-7-13-10(9)8-4-2-1-3-5-8/h6,8H,1-5H2,(H,14,15). The number of nitrogens with zero attached hydrogens (tertiary/aromatic N) is 2. The second kappa shape index (κ2) is 4.38. The fraction of sp³-hybridized carbons (Fsp3) is 0.545. The molecule has 1 aliphatic carbocycles. The third-order valence-electron chi connectivity index (χ3n) is 2.92. The topological polar surface area (TPSA) is 63.1 Å². The van der Waals surface area contributed by atoms with Gasteiger partial charge in [0.1, 0.15) is 0 Å². The summed E-state index contributed by atoms with van der Waals surface area (Å²) < 4.78 is 0. The Bertz CT molecular complexity index is 359. The van der Waals surface area contributed by atoms with Gasteiger partial charge in [0.2, 0.25) is 0 Å². The molecule has 0 bridgehead atoms. The molecule has 0 atom stereocenters. The molecule has 0 aliphatic heterocycles. The molecule has 1 aromatic heterocycles. The van der Waals surface area contributed by atoms with Crippen LogP contribution >= 0.6 is 0 Å². The number of aromatic carboxylic acids is 1. The molecule has 0 amide bonds. The van der Waals surface area contributed by atoms with Crippen LogP contribution in [0.2, 0.25) is 0 Å². The lowest BCUT2D eigenvalue weighted by Crippen LogP contribution is -2.13. The minimum absolute atomic E-state index is 0.237. The lowest BCUT2D eigenvalue weighted by molar-refractivity contribution is 0.0693. The van der Waals surface area contributed by atoms with Crippen molar-refractivity contribution < 1.29 is 9.90 Å². The predicted molar refractivity (Wildman–Crippen MR) is 53.7 cm³/mol. The molecule has 0 unspecified atom stereocenters. The van der Waals surface area contributed by atoms with E-state index in [4.69, 9.17) is 5.11 Å². The quantitative estimate of drug-likeness (QED) is 0.802. The van der Waals surface area contributed by atoms with Crippen molar-refractivity contribution in [3.8, 4) is 0 Å². The molecule has 0 spiro atoms. The van der Waals surface area contributed by atoms with Crippen LogP contribution in [-0.4, -0.2) is 21.0 Å². The Morgan fingerprint density at radius 3 is 2.80 bits per heavy atom. The van der Waals surface area contributed by atoms with Gasteiger partial charge in [-0.05, 0) is 12.8 Å². The van der Waals surface area contributed by atoms with Gasteiger partial charge in [-0.25, -0.2) is 14.8 Å². The second-order valence-electron chi connectivity index (χ2n) is 3.91. The molecule has 1 radical (unpaired) electrons. The predicted octanol–water partition coefficient (Wildman–Crippen LogP) is 2.02. The lowest BCUT2D eigenvalue weighted by atomic mass is 9.85. The summed E-state index contributed by atoms with van der Waals surface area (Å²) in [5, 5.41) is 9.00. The number of carbonyl (C=O) groups is 1. The summed E-state index contributed by atoms with van der Waals surface area (Å²) in [6.45, 7) is 0. The van der Waals surface area contributed by atoms with Crippen LogP contribution in [0.15, 0.2) is 6.20 Å². The molecule has 1 N–H and O–H groups in total. The molecule has 4 heteroatoms. The number of rotatable bonds is 2. The van der Waals surface area contributed by atoms with E-state index in [1.165, 1.54) is 12.6 Å². The number of hydrogen-bond acceptors (Lipinski definition) is 3. The first-order valence-corrected chi connectivity index (χ1v) is 5.25. The van der Waals surface area contributed by atoms with Crippen LogP contribution in [0.25, 0.3) is 0 Å². The fourth-order valence-corrected chi connectivity index (χ4v) is 2.15. The Kier molecular flexibility index (Phi) is 2.94. The molecular formula is C11H13N2O2. The summed E-state index contributed by atoms with van der Waals surface area (Å²) in [6, 6.07) is 0. The maximum absolute atomic E-state index is 11.0. The highest BCUT2D eigenvalue weighted by Gasteiger charge is 2.22. The minimum atomic E-state index is -0.940. The van der Waals surface area contributed by atoms with Crippen molar-refractivity contribution in [2.45, 2.75) is 38.0 Å². The minimum Gasteiger partial charge on any atom is -0.478 e. The average Bonchev–Trinajstić information content (AvgIpc) is 2.30. The summed E-state index contributed by atoms with van der Waals surface area (Å²) in [7, 11) is 0. The van der Waals surface area contributed by atoms with Gasteiger partial charge in [-0.1, -0.05) is 19.3 Å². The van der Waals surface area contributed by atoms with Crippen LogP contribution in [0.4, 0.5) is 0 Å². The molecule has 1 fully saturated rings. The van der Waals surface area contributed by atoms with Gasteiger partial charge in [-0.15, -0.1) is 0 Å². The Balaban J connectivity index is 2.29. The van der Waals surface area contributed by atoms with Crippen molar-refractivity contribution >= 4 is 5.97 Å². The largest absolute Gasteiger partial charge is 0.478 e. The van der Waals surface area contributed by atoms with Crippen molar-refractivity contribution in [2.75, 3.05) is 0 Å². The maximum atomic E-state index is 11.0. The molecular weight excluding hydrogens is 192 g/mol. The van der Waals surface area contributed by atoms with E-state index in [0.29, 0.717) is 5.69 Å². The second-order valence-corrected chi connectivity index (χ2v) is 3.91. The summed E-state index contributed by atoms with van der Waals surface area (Å²) in [5.74, 6) is -0.659. The lowest BCUT2D eigenvalue weighted by Gasteiger charge is -2.21. The molecule has 4 nitrogen and oxygen atoms in total. The number of carboxylic acid groups (broad SMARTS) is 1. The first-order valence-electron chi connectivity index (χ1n) is 5.25. The third-order valence-corrected chi connectivity index (χ3v) is 2.92. The van der Waals surface area contributed by atoms with Crippen LogP contribution in [0.3, 0.4) is 0 Å². The van der Waals surface area contributed by atoms with Crippen LogP contribution in [0.1, 0.15) is 54.1 Å². The van der Waals surface area contributed by atoms with Crippen LogP contribution in [-0.2, 0) is 0 Å². The molecule has 1 heterocycles. The van der Waals surface area contributed by atoms with Crippen molar-refractivity contribution in [2.24, 2.45) is 0 Å². The summed E-state index contributed by atoms with van der Waals surface area (Å²) in [5.41, 5.74) is 0.901. The zero-order valence-electron chi connectivity index (χ0n) is 8.44. The third kappa shape index (κ3) is 2.14. The van der Waals surface area contributed by atoms with Crippen LogP contribution in [0, 0.1) is 6.33 Å². The first kappa shape index (κ1) is 10.1. The fourth-order valence-electron chi connectivity index (χ4n) is 2.15. The smallest absolute Gasteiger partial charge is 0.339 e. The van der Waals surface area contributed by atoms with E-state index in [9.17, 15) is 4.79 Å². The van der Waals surface area contributed by atoms with Crippen molar-refractivity contribution in [3.05, 3.63) is 23.8 Å². The molecule has 2 rings (SSSR count).